The van der Waals surface area contributed by atoms with Gasteiger partial charge in [-0.1, -0.05) is 24.6 Å². The highest BCUT2D eigenvalue weighted by molar-refractivity contribution is 5.78. The smallest absolute Gasteiger partial charge is 0.341 e. The average molecular weight is 305 g/mol. The topological polar surface area (TPSA) is 75.6 Å². The van der Waals surface area contributed by atoms with Crippen molar-refractivity contribution in [2.75, 3.05) is 13.2 Å². The lowest BCUT2D eigenvalue weighted by Crippen LogP contribution is -2.31. The molecule has 0 aliphatic carbocycles. The molecule has 120 valence electrons. The Balaban J connectivity index is 2.34. The van der Waals surface area contributed by atoms with Gasteiger partial charge in [-0.05, 0) is 37.5 Å². The first-order chi connectivity index (χ1) is 10.4. The maximum absolute atomic E-state index is 11.8. The first-order valence-electron chi connectivity index (χ1n) is 7.24. The number of nitrogens with one attached hydrogen (secondary N) is 1. The summed E-state index contributed by atoms with van der Waals surface area (Å²) in [5.41, 5.74) is 2.05. The lowest BCUT2D eigenvalue weighted by atomic mass is 10.0. The number of carboxylic acid groups (broad SMARTS) is 1. The van der Waals surface area contributed by atoms with Crippen LogP contribution < -0.4 is 10.1 Å². The van der Waals surface area contributed by atoms with Crippen LogP contribution in [0.15, 0.2) is 36.4 Å². The van der Waals surface area contributed by atoms with Crippen molar-refractivity contribution < 1.29 is 19.4 Å². The second-order valence-corrected chi connectivity index (χ2v) is 5.43. The Morgan fingerprint density at radius 2 is 1.95 bits per heavy atom. The standard InChI is InChI=1S/C17H23NO4/c1-12(2)10-13(3)17(21)18-9-8-14-4-6-15(7-5-14)22-11-16(19)20/h4-7,13H,1,8-11H2,2-3H3,(H,18,21)(H,19,20). The normalized spacial score (nSPS) is 11.5. The van der Waals surface area contributed by atoms with Crippen LogP contribution >= 0.6 is 0 Å². The number of rotatable bonds is 9. The first-order valence-corrected chi connectivity index (χ1v) is 7.24. The summed E-state index contributed by atoms with van der Waals surface area (Å²) < 4.78 is 5.06. The van der Waals surface area contributed by atoms with Crippen molar-refractivity contribution in [2.45, 2.75) is 26.7 Å². The van der Waals surface area contributed by atoms with Crippen LogP contribution in [-0.2, 0) is 16.0 Å². The minimum absolute atomic E-state index is 0.0319. The van der Waals surface area contributed by atoms with Gasteiger partial charge in [-0.2, -0.15) is 0 Å². The van der Waals surface area contributed by atoms with Crippen LogP contribution in [0.4, 0.5) is 0 Å². The molecular weight excluding hydrogens is 282 g/mol. The molecule has 1 aromatic carbocycles. The van der Waals surface area contributed by atoms with Crippen LogP contribution in [-0.4, -0.2) is 30.1 Å². The van der Waals surface area contributed by atoms with Crippen LogP contribution in [0.1, 0.15) is 25.8 Å². The van der Waals surface area contributed by atoms with Crippen molar-refractivity contribution in [1.82, 2.24) is 5.32 Å². The van der Waals surface area contributed by atoms with Gasteiger partial charge in [0.05, 0.1) is 0 Å². The van der Waals surface area contributed by atoms with Crippen molar-refractivity contribution in [3.8, 4) is 5.75 Å². The molecule has 1 rings (SSSR count). The highest BCUT2D eigenvalue weighted by Gasteiger charge is 2.11. The van der Waals surface area contributed by atoms with E-state index in [1.54, 1.807) is 12.1 Å². The fourth-order valence-corrected chi connectivity index (χ4v) is 2.02. The van der Waals surface area contributed by atoms with Gasteiger partial charge >= 0.3 is 5.97 Å². The number of ether oxygens (including phenoxy) is 1. The van der Waals surface area contributed by atoms with Gasteiger partial charge in [0.25, 0.3) is 0 Å². The summed E-state index contributed by atoms with van der Waals surface area (Å²) in [5.74, 6) is -0.519. The molecule has 0 saturated carbocycles. The number of benzene rings is 1. The van der Waals surface area contributed by atoms with E-state index in [-0.39, 0.29) is 18.4 Å². The van der Waals surface area contributed by atoms with Crippen LogP contribution in [0.3, 0.4) is 0 Å². The highest BCUT2D eigenvalue weighted by Crippen LogP contribution is 2.12. The fourth-order valence-electron chi connectivity index (χ4n) is 2.02. The molecule has 1 aromatic rings. The Bertz CT molecular complexity index is 522. The van der Waals surface area contributed by atoms with Gasteiger partial charge in [0, 0.05) is 12.5 Å². The van der Waals surface area contributed by atoms with Crippen molar-refractivity contribution in [3.63, 3.8) is 0 Å². The predicted molar refractivity (Wildman–Crippen MR) is 84.9 cm³/mol. The Morgan fingerprint density at radius 3 is 2.50 bits per heavy atom. The van der Waals surface area contributed by atoms with E-state index in [0.717, 1.165) is 11.1 Å². The van der Waals surface area contributed by atoms with Crippen molar-refractivity contribution in [2.24, 2.45) is 5.92 Å². The second kappa shape index (κ2) is 8.87. The van der Waals surface area contributed by atoms with E-state index in [1.807, 2.05) is 26.0 Å². The molecule has 22 heavy (non-hydrogen) atoms. The number of aliphatic carboxylic acids is 1. The summed E-state index contributed by atoms with van der Waals surface area (Å²) >= 11 is 0. The molecule has 0 heterocycles. The number of hydrogen-bond acceptors (Lipinski definition) is 3. The summed E-state index contributed by atoms with van der Waals surface area (Å²) in [6, 6.07) is 7.18. The summed E-state index contributed by atoms with van der Waals surface area (Å²) in [7, 11) is 0. The largest absolute Gasteiger partial charge is 0.482 e. The maximum Gasteiger partial charge on any atom is 0.341 e. The van der Waals surface area contributed by atoms with E-state index in [9.17, 15) is 9.59 Å². The zero-order valence-corrected chi connectivity index (χ0v) is 13.1. The molecule has 5 heteroatoms. The third-order valence-electron chi connectivity index (χ3n) is 3.10. The van der Waals surface area contributed by atoms with Gasteiger partial charge in [0.15, 0.2) is 6.61 Å². The summed E-state index contributed by atoms with van der Waals surface area (Å²) in [5, 5.41) is 11.4. The van der Waals surface area contributed by atoms with E-state index in [0.29, 0.717) is 25.1 Å². The molecule has 1 atom stereocenters. The van der Waals surface area contributed by atoms with Crippen molar-refractivity contribution in [1.29, 1.82) is 0 Å². The Morgan fingerprint density at radius 1 is 1.32 bits per heavy atom. The molecule has 2 N–H and O–H groups in total. The number of hydrogen-bond donors (Lipinski definition) is 2. The second-order valence-electron chi connectivity index (χ2n) is 5.43. The highest BCUT2D eigenvalue weighted by atomic mass is 16.5. The molecule has 0 aliphatic heterocycles. The summed E-state index contributed by atoms with van der Waals surface area (Å²) in [6.07, 6.45) is 1.41. The lowest BCUT2D eigenvalue weighted by molar-refractivity contribution is -0.139. The van der Waals surface area contributed by atoms with Crippen molar-refractivity contribution >= 4 is 11.9 Å². The van der Waals surface area contributed by atoms with Crippen molar-refractivity contribution in [3.05, 3.63) is 42.0 Å². The number of amides is 1. The van der Waals surface area contributed by atoms with Gasteiger partial charge in [0.1, 0.15) is 5.75 Å². The van der Waals surface area contributed by atoms with Crippen LogP contribution in [0, 0.1) is 5.92 Å². The van der Waals surface area contributed by atoms with Gasteiger partial charge in [-0.3, -0.25) is 4.79 Å². The predicted octanol–water partition coefficient (Wildman–Crippen LogP) is 2.41. The maximum atomic E-state index is 11.8. The van der Waals surface area contributed by atoms with E-state index >= 15 is 0 Å². The minimum atomic E-state index is -1.00. The Hall–Kier alpha value is -2.30. The first kappa shape index (κ1) is 17.8. The number of carbonyl (C=O) groups excluding carboxylic acids is 1. The average Bonchev–Trinajstić information content (AvgIpc) is 2.45. The molecular formula is C17H23NO4. The third-order valence-corrected chi connectivity index (χ3v) is 3.10. The summed E-state index contributed by atoms with van der Waals surface area (Å²) in [6.45, 7) is 7.83. The molecule has 1 amide bonds. The third kappa shape index (κ3) is 6.92. The van der Waals surface area contributed by atoms with Crippen LogP contribution in [0.5, 0.6) is 5.75 Å². The van der Waals surface area contributed by atoms with E-state index in [4.69, 9.17) is 9.84 Å². The molecule has 0 aliphatic rings. The minimum Gasteiger partial charge on any atom is -0.482 e. The Labute approximate surface area is 131 Å². The van der Waals surface area contributed by atoms with Gasteiger partial charge in [0.2, 0.25) is 5.91 Å². The molecule has 5 nitrogen and oxygen atoms in total. The molecule has 0 aromatic heterocycles. The van der Waals surface area contributed by atoms with Crippen LogP contribution in [0.2, 0.25) is 0 Å². The van der Waals surface area contributed by atoms with Gasteiger partial charge < -0.3 is 15.2 Å². The SMILES string of the molecule is C=C(C)CC(C)C(=O)NCCc1ccc(OCC(=O)O)cc1. The zero-order valence-electron chi connectivity index (χ0n) is 13.1. The van der Waals surface area contributed by atoms with E-state index in [1.165, 1.54) is 0 Å². The van der Waals surface area contributed by atoms with E-state index in [2.05, 4.69) is 11.9 Å². The monoisotopic (exact) mass is 305 g/mol. The fraction of sp³-hybridized carbons (Fsp3) is 0.412. The van der Waals surface area contributed by atoms with Gasteiger partial charge in [-0.15, -0.1) is 6.58 Å². The molecule has 1 unspecified atom stereocenters. The van der Waals surface area contributed by atoms with E-state index < -0.39 is 5.97 Å². The molecule has 0 fully saturated rings. The molecule has 0 bridgehead atoms. The zero-order chi connectivity index (χ0) is 16.5. The number of carboxylic acids is 1. The molecule has 0 spiro atoms. The quantitative estimate of drug-likeness (QED) is 0.687. The van der Waals surface area contributed by atoms with Crippen LogP contribution in [0.25, 0.3) is 0 Å². The molecule has 0 saturated heterocycles. The number of carbonyl (C=O) groups is 2. The Kier molecular flexibility index (Phi) is 7.16. The lowest BCUT2D eigenvalue weighted by Gasteiger charge is -2.12. The summed E-state index contributed by atoms with van der Waals surface area (Å²) in [4.78, 5) is 22.2. The van der Waals surface area contributed by atoms with Gasteiger partial charge in [-0.25, -0.2) is 4.79 Å². The molecule has 0 radical (unpaired) electrons. The number of allylic oxidation sites excluding steroid dienone is 1.